The van der Waals surface area contributed by atoms with Crippen LogP contribution in [0, 0.1) is 0 Å². The van der Waals surface area contributed by atoms with Crippen LogP contribution in [0.15, 0.2) is 48.8 Å². The van der Waals surface area contributed by atoms with E-state index in [2.05, 4.69) is 29.4 Å². The minimum Gasteiger partial charge on any atom is -0.456 e. The van der Waals surface area contributed by atoms with Gasteiger partial charge in [0, 0.05) is 12.7 Å². The molecule has 0 aliphatic rings. The summed E-state index contributed by atoms with van der Waals surface area (Å²) in [5, 5.41) is 3.28. The molecule has 0 saturated heterocycles. The zero-order valence-electron chi connectivity index (χ0n) is 9.89. The maximum absolute atomic E-state index is 5.65. The largest absolute Gasteiger partial charge is 0.456 e. The SMILES string of the molecule is CCNCc1ccc(Oc2cccnc2)cc1. The summed E-state index contributed by atoms with van der Waals surface area (Å²) < 4.78 is 5.65. The summed E-state index contributed by atoms with van der Waals surface area (Å²) in [6.45, 7) is 3.97. The monoisotopic (exact) mass is 228 g/mol. The van der Waals surface area contributed by atoms with Crippen LogP contribution in [0.25, 0.3) is 0 Å². The number of ether oxygens (including phenoxy) is 1. The molecule has 88 valence electrons. The van der Waals surface area contributed by atoms with Crippen LogP contribution in [-0.2, 0) is 6.54 Å². The van der Waals surface area contributed by atoms with Gasteiger partial charge in [0.1, 0.15) is 11.5 Å². The first-order valence-electron chi connectivity index (χ1n) is 5.76. The van der Waals surface area contributed by atoms with Gasteiger partial charge in [-0.1, -0.05) is 19.1 Å². The van der Waals surface area contributed by atoms with Gasteiger partial charge < -0.3 is 10.1 Å². The van der Waals surface area contributed by atoms with Gasteiger partial charge in [-0.2, -0.15) is 0 Å². The molecule has 0 fully saturated rings. The van der Waals surface area contributed by atoms with E-state index in [4.69, 9.17) is 4.74 Å². The second kappa shape index (κ2) is 6.01. The van der Waals surface area contributed by atoms with Crippen LogP contribution in [0.3, 0.4) is 0 Å². The molecule has 0 bridgehead atoms. The summed E-state index contributed by atoms with van der Waals surface area (Å²) in [6.07, 6.45) is 3.43. The second-order valence-corrected chi connectivity index (χ2v) is 3.72. The van der Waals surface area contributed by atoms with Crippen molar-refractivity contribution in [1.29, 1.82) is 0 Å². The number of benzene rings is 1. The number of nitrogens with zero attached hydrogens (tertiary/aromatic N) is 1. The Labute approximate surface area is 101 Å². The highest BCUT2D eigenvalue weighted by Gasteiger charge is 1.97. The molecule has 1 aromatic carbocycles. The molecule has 2 rings (SSSR count). The standard InChI is InChI=1S/C14H16N2O/c1-2-15-10-12-5-7-13(8-6-12)17-14-4-3-9-16-11-14/h3-9,11,15H,2,10H2,1H3. The number of nitrogens with one attached hydrogen (secondary N) is 1. The number of rotatable bonds is 5. The molecular weight excluding hydrogens is 212 g/mol. The molecule has 0 radical (unpaired) electrons. The fraction of sp³-hybridized carbons (Fsp3) is 0.214. The quantitative estimate of drug-likeness (QED) is 0.854. The number of aromatic nitrogens is 1. The molecule has 2 aromatic rings. The smallest absolute Gasteiger partial charge is 0.145 e. The summed E-state index contributed by atoms with van der Waals surface area (Å²) in [6, 6.07) is 11.8. The molecule has 1 heterocycles. The van der Waals surface area contributed by atoms with Crippen LogP contribution in [-0.4, -0.2) is 11.5 Å². The summed E-state index contributed by atoms with van der Waals surface area (Å²) in [4.78, 5) is 4.00. The lowest BCUT2D eigenvalue weighted by Crippen LogP contribution is -2.11. The van der Waals surface area contributed by atoms with Crippen molar-refractivity contribution in [2.45, 2.75) is 13.5 Å². The number of pyridine rings is 1. The molecule has 1 aromatic heterocycles. The minimum atomic E-state index is 0.756. The Hall–Kier alpha value is -1.87. The van der Waals surface area contributed by atoms with Crippen molar-refractivity contribution in [2.24, 2.45) is 0 Å². The third kappa shape index (κ3) is 3.57. The van der Waals surface area contributed by atoms with Crippen LogP contribution < -0.4 is 10.1 Å². The Balaban J connectivity index is 1.98. The average Bonchev–Trinajstić information content (AvgIpc) is 2.39. The third-order valence-corrected chi connectivity index (χ3v) is 2.37. The van der Waals surface area contributed by atoms with E-state index in [-0.39, 0.29) is 0 Å². The van der Waals surface area contributed by atoms with E-state index >= 15 is 0 Å². The highest BCUT2D eigenvalue weighted by molar-refractivity contribution is 5.31. The van der Waals surface area contributed by atoms with Gasteiger partial charge in [-0.15, -0.1) is 0 Å². The summed E-state index contributed by atoms with van der Waals surface area (Å²) in [5.74, 6) is 1.59. The van der Waals surface area contributed by atoms with Gasteiger partial charge in [-0.05, 0) is 36.4 Å². The van der Waals surface area contributed by atoms with E-state index in [0.717, 1.165) is 24.6 Å². The van der Waals surface area contributed by atoms with Crippen molar-refractivity contribution in [3.63, 3.8) is 0 Å². The number of hydrogen-bond acceptors (Lipinski definition) is 3. The van der Waals surface area contributed by atoms with Crippen LogP contribution in [0.4, 0.5) is 0 Å². The van der Waals surface area contributed by atoms with Crippen molar-refractivity contribution >= 4 is 0 Å². The Kier molecular flexibility index (Phi) is 4.11. The normalized spacial score (nSPS) is 10.2. The second-order valence-electron chi connectivity index (χ2n) is 3.72. The summed E-state index contributed by atoms with van der Waals surface area (Å²) in [5.41, 5.74) is 1.25. The fourth-order valence-corrected chi connectivity index (χ4v) is 1.49. The first-order valence-corrected chi connectivity index (χ1v) is 5.76. The van der Waals surface area contributed by atoms with Crippen LogP contribution in [0.2, 0.25) is 0 Å². The van der Waals surface area contributed by atoms with Gasteiger partial charge in [0.05, 0.1) is 6.20 Å². The molecule has 0 amide bonds. The van der Waals surface area contributed by atoms with Crippen molar-refractivity contribution in [1.82, 2.24) is 10.3 Å². The van der Waals surface area contributed by atoms with Crippen molar-refractivity contribution in [2.75, 3.05) is 6.54 Å². The molecule has 0 unspecified atom stereocenters. The van der Waals surface area contributed by atoms with Gasteiger partial charge >= 0.3 is 0 Å². The van der Waals surface area contributed by atoms with E-state index < -0.39 is 0 Å². The molecule has 0 aliphatic carbocycles. The maximum Gasteiger partial charge on any atom is 0.145 e. The topological polar surface area (TPSA) is 34.1 Å². The van der Waals surface area contributed by atoms with Gasteiger partial charge in [0.2, 0.25) is 0 Å². The fourth-order valence-electron chi connectivity index (χ4n) is 1.49. The van der Waals surface area contributed by atoms with Crippen LogP contribution >= 0.6 is 0 Å². The zero-order valence-corrected chi connectivity index (χ0v) is 9.89. The van der Waals surface area contributed by atoms with E-state index in [1.165, 1.54) is 5.56 Å². The molecular formula is C14H16N2O. The lowest BCUT2D eigenvalue weighted by atomic mass is 10.2. The van der Waals surface area contributed by atoms with Crippen LogP contribution in [0.1, 0.15) is 12.5 Å². The lowest BCUT2D eigenvalue weighted by molar-refractivity contribution is 0.480. The Morgan fingerprint density at radius 3 is 2.59 bits per heavy atom. The van der Waals surface area contributed by atoms with Gasteiger partial charge in [-0.25, -0.2) is 0 Å². The maximum atomic E-state index is 5.65. The van der Waals surface area contributed by atoms with Gasteiger partial charge in [0.25, 0.3) is 0 Å². The predicted molar refractivity (Wildman–Crippen MR) is 68.1 cm³/mol. The first-order chi connectivity index (χ1) is 8.38. The number of hydrogen-bond donors (Lipinski definition) is 1. The van der Waals surface area contributed by atoms with Gasteiger partial charge in [0.15, 0.2) is 0 Å². The van der Waals surface area contributed by atoms with Crippen LogP contribution in [0.5, 0.6) is 11.5 Å². The lowest BCUT2D eigenvalue weighted by Gasteiger charge is -2.06. The van der Waals surface area contributed by atoms with Gasteiger partial charge in [-0.3, -0.25) is 4.98 Å². The molecule has 17 heavy (non-hydrogen) atoms. The predicted octanol–water partition coefficient (Wildman–Crippen LogP) is 2.98. The van der Waals surface area contributed by atoms with E-state index in [9.17, 15) is 0 Å². The molecule has 3 nitrogen and oxygen atoms in total. The minimum absolute atomic E-state index is 0.756. The highest BCUT2D eigenvalue weighted by atomic mass is 16.5. The van der Waals surface area contributed by atoms with E-state index in [1.54, 1.807) is 12.4 Å². The molecule has 1 N–H and O–H groups in total. The van der Waals surface area contributed by atoms with E-state index in [1.807, 2.05) is 24.3 Å². The molecule has 0 spiro atoms. The summed E-state index contributed by atoms with van der Waals surface area (Å²) >= 11 is 0. The zero-order chi connectivity index (χ0) is 11.9. The van der Waals surface area contributed by atoms with E-state index in [0.29, 0.717) is 0 Å². The van der Waals surface area contributed by atoms with Crippen molar-refractivity contribution in [3.05, 3.63) is 54.4 Å². The van der Waals surface area contributed by atoms with Crippen molar-refractivity contribution < 1.29 is 4.74 Å². The average molecular weight is 228 g/mol. The Morgan fingerprint density at radius 2 is 1.94 bits per heavy atom. The summed E-state index contributed by atoms with van der Waals surface area (Å²) in [7, 11) is 0. The Morgan fingerprint density at radius 1 is 1.12 bits per heavy atom. The van der Waals surface area contributed by atoms with Crippen molar-refractivity contribution in [3.8, 4) is 11.5 Å². The highest BCUT2D eigenvalue weighted by Crippen LogP contribution is 2.20. The molecule has 3 heteroatoms. The first kappa shape index (κ1) is 11.6. The Bertz CT molecular complexity index is 440. The third-order valence-electron chi connectivity index (χ3n) is 2.37. The molecule has 0 atom stereocenters. The molecule has 0 aliphatic heterocycles. The molecule has 0 saturated carbocycles.